The number of hydroxylamine groups is 2. The van der Waals surface area contributed by atoms with Crippen molar-refractivity contribution in [1.29, 1.82) is 0 Å². The molecule has 0 N–H and O–H groups in total. The van der Waals surface area contributed by atoms with Crippen LogP contribution in [0.2, 0.25) is 0 Å². The van der Waals surface area contributed by atoms with E-state index in [4.69, 9.17) is 14.3 Å². The maximum Gasteiger partial charge on any atom is 0.434 e. The van der Waals surface area contributed by atoms with Gasteiger partial charge in [-0.3, -0.25) is 4.84 Å². The van der Waals surface area contributed by atoms with Gasteiger partial charge < -0.3 is 9.47 Å². The third-order valence-electron chi connectivity index (χ3n) is 4.09. The van der Waals surface area contributed by atoms with Crippen LogP contribution in [0.1, 0.15) is 51.2 Å². The monoisotopic (exact) mass is 399 g/mol. The molecule has 5 nitrogen and oxygen atoms in total. The summed E-state index contributed by atoms with van der Waals surface area (Å²) in [5, 5.41) is 1.34. The normalized spacial score (nSPS) is 11.3. The molecule has 158 valence electrons. The van der Waals surface area contributed by atoms with Crippen molar-refractivity contribution in [3.05, 3.63) is 71.8 Å². The smallest absolute Gasteiger partial charge is 0.434 e. The van der Waals surface area contributed by atoms with Gasteiger partial charge in [0, 0.05) is 6.61 Å². The summed E-state index contributed by atoms with van der Waals surface area (Å²) in [7, 11) is 0. The van der Waals surface area contributed by atoms with Gasteiger partial charge in [-0.15, -0.1) is 0 Å². The van der Waals surface area contributed by atoms with Crippen molar-refractivity contribution < 1.29 is 19.1 Å². The van der Waals surface area contributed by atoms with E-state index in [0.29, 0.717) is 26.4 Å². The lowest BCUT2D eigenvalue weighted by atomic mass is 10.2. The molecule has 2 aromatic rings. The molecule has 0 saturated carbocycles. The molecule has 0 radical (unpaired) electrons. The van der Waals surface area contributed by atoms with Crippen LogP contribution < -0.4 is 0 Å². The fourth-order valence-corrected chi connectivity index (χ4v) is 2.65. The Morgan fingerprint density at radius 3 is 2.00 bits per heavy atom. The van der Waals surface area contributed by atoms with Crippen LogP contribution in [-0.4, -0.2) is 29.9 Å². The number of nitrogens with zero attached hydrogens (tertiary/aromatic N) is 1. The molecule has 0 atom stereocenters. The number of hydrogen-bond donors (Lipinski definition) is 0. The van der Waals surface area contributed by atoms with Gasteiger partial charge in [-0.05, 0) is 51.2 Å². The summed E-state index contributed by atoms with van der Waals surface area (Å²) in [5.74, 6) is 0. The molecule has 0 aliphatic carbocycles. The van der Waals surface area contributed by atoms with Crippen molar-refractivity contribution in [1.82, 2.24) is 5.06 Å². The molecule has 0 aromatic heterocycles. The minimum absolute atomic E-state index is 0.334. The van der Waals surface area contributed by atoms with Gasteiger partial charge in [0.25, 0.3) is 0 Å². The van der Waals surface area contributed by atoms with E-state index in [-0.39, 0.29) is 0 Å². The van der Waals surface area contributed by atoms with Gasteiger partial charge in [0.1, 0.15) is 12.2 Å². The Morgan fingerprint density at radius 1 is 0.828 bits per heavy atom. The summed E-state index contributed by atoms with van der Waals surface area (Å²) >= 11 is 0. The quantitative estimate of drug-likeness (QED) is 0.357. The van der Waals surface area contributed by atoms with Crippen LogP contribution in [0.3, 0.4) is 0 Å². The van der Waals surface area contributed by atoms with Gasteiger partial charge in [0.15, 0.2) is 0 Å². The predicted octanol–water partition coefficient (Wildman–Crippen LogP) is 5.74. The van der Waals surface area contributed by atoms with Gasteiger partial charge in [-0.1, -0.05) is 60.7 Å². The van der Waals surface area contributed by atoms with Crippen molar-refractivity contribution >= 4 is 6.09 Å². The lowest BCUT2D eigenvalue weighted by Gasteiger charge is -2.26. The van der Waals surface area contributed by atoms with E-state index in [1.165, 1.54) is 10.6 Å². The predicted molar refractivity (Wildman–Crippen MR) is 114 cm³/mol. The number of carbonyl (C=O) groups is 1. The topological polar surface area (TPSA) is 48.0 Å². The lowest BCUT2D eigenvalue weighted by Crippen LogP contribution is -2.37. The first kappa shape index (κ1) is 22.9. The highest BCUT2D eigenvalue weighted by Gasteiger charge is 2.22. The second kappa shape index (κ2) is 12.2. The van der Waals surface area contributed by atoms with Crippen LogP contribution in [0, 0.1) is 0 Å². The molecule has 0 fully saturated rings. The van der Waals surface area contributed by atoms with Crippen LogP contribution in [0.25, 0.3) is 0 Å². The third-order valence-corrected chi connectivity index (χ3v) is 4.09. The summed E-state index contributed by atoms with van der Waals surface area (Å²) in [6.45, 7) is 7.71. The van der Waals surface area contributed by atoms with Crippen LogP contribution in [0.4, 0.5) is 4.79 Å². The number of amides is 1. The third kappa shape index (κ3) is 10.1. The Bertz CT molecular complexity index is 698. The van der Waals surface area contributed by atoms with Crippen LogP contribution in [0.5, 0.6) is 0 Å². The number of rotatable bonds is 11. The summed E-state index contributed by atoms with van der Waals surface area (Å²) in [6.07, 6.45) is 2.26. The fraction of sp³-hybridized carbons (Fsp3) is 0.458. The van der Waals surface area contributed by atoms with Crippen molar-refractivity contribution in [2.24, 2.45) is 0 Å². The zero-order valence-corrected chi connectivity index (χ0v) is 17.8. The van der Waals surface area contributed by atoms with E-state index >= 15 is 0 Å². The molecule has 0 unspecified atom stereocenters. The van der Waals surface area contributed by atoms with Crippen molar-refractivity contribution in [2.45, 2.75) is 58.8 Å². The Balaban J connectivity index is 1.70. The molecule has 0 aliphatic rings. The fourth-order valence-electron chi connectivity index (χ4n) is 2.65. The van der Waals surface area contributed by atoms with Crippen molar-refractivity contribution in [3.8, 4) is 0 Å². The molecule has 0 spiro atoms. The zero-order valence-electron chi connectivity index (χ0n) is 17.8. The first-order valence-corrected chi connectivity index (χ1v) is 10.2. The van der Waals surface area contributed by atoms with E-state index in [0.717, 1.165) is 24.8 Å². The average Bonchev–Trinajstić information content (AvgIpc) is 2.69. The van der Waals surface area contributed by atoms with Gasteiger partial charge in [-0.2, -0.15) is 5.06 Å². The Kier molecular flexibility index (Phi) is 9.68. The number of unbranched alkanes of at least 4 members (excludes halogenated alkanes) is 2. The van der Waals surface area contributed by atoms with Crippen molar-refractivity contribution in [2.75, 3.05) is 13.2 Å². The Morgan fingerprint density at radius 2 is 1.41 bits per heavy atom. The van der Waals surface area contributed by atoms with Crippen LogP contribution in [-0.2, 0) is 27.5 Å². The van der Waals surface area contributed by atoms with Gasteiger partial charge in [0.2, 0.25) is 0 Å². The second-order valence-corrected chi connectivity index (χ2v) is 7.94. The summed E-state index contributed by atoms with van der Waals surface area (Å²) < 4.78 is 11.2. The molecule has 2 aromatic carbocycles. The average molecular weight is 400 g/mol. The van der Waals surface area contributed by atoms with Crippen molar-refractivity contribution in [3.63, 3.8) is 0 Å². The summed E-state index contributed by atoms with van der Waals surface area (Å²) in [6, 6.07) is 19.9. The molecule has 0 aliphatic heterocycles. The summed E-state index contributed by atoms with van der Waals surface area (Å²) in [4.78, 5) is 18.2. The van der Waals surface area contributed by atoms with Gasteiger partial charge in [-0.25, -0.2) is 4.79 Å². The van der Waals surface area contributed by atoms with E-state index in [1.807, 2.05) is 69.3 Å². The van der Waals surface area contributed by atoms with Crippen LogP contribution >= 0.6 is 0 Å². The van der Waals surface area contributed by atoms with E-state index in [2.05, 4.69) is 12.1 Å². The lowest BCUT2D eigenvalue weighted by molar-refractivity contribution is -0.156. The summed E-state index contributed by atoms with van der Waals surface area (Å²) in [5.41, 5.74) is 1.63. The molecule has 0 bridgehead atoms. The van der Waals surface area contributed by atoms with Crippen LogP contribution in [0.15, 0.2) is 60.7 Å². The highest BCUT2D eigenvalue weighted by Crippen LogP contribution is 2.13. The van der Waals surface area contributed by atoms with E-state index < -0.39 is 11.7 Å². The molecular weight excluding hydrogens is 366 g/mol. The van der Waals surface area contributed by atoms with E-state index in [1.54, 1.807) is 0 Å². The number of hydrogen-bond acceptors (Lipinski definition) is 4. The number of ether oxygens (including phenoxy) is 2. The van der Waals surface area contributed by atoms with Gasteiger partial charge in [0.05, 0.1) is 13.2 Å². The first-order valence-electron chi connectivity index (χ1n) is 10.2. The highest BCUT2D eigenvalue weighted by molar-refractivity contribution is 5.66. The van der Waals surface area contributed by atoms with Gasteiger partial charge >= 0.3 is 6.09 Å². The zero-order chi connectivity index (χ0) is 21.0. The molecule has 5 heteroatoms. The maximum atomic E-state index is 12.5. The first-order chi connectivity index (χ1) is 13.9. The largest absolute Gasteiger partial charge is 0.442 e. The Labute approximate surface area is 174 Å². The standard InChI is InChI=1S/C24H33NO4/c1-24(2,3)29-23(26)25(28-20-22-15-9-5-10-16-22)17-11-6-12-18-27-19-21-13-7-4-8-14-21/h4-5,7-10,13-16H,6,11-12,17-20H2,1-3H3. The number of carbonyl (C=O) groups excluding carboxylic acids is 1. The minimum atomic E-state index is -0.559. The Hall–Kier alpha value is -2.37. The highest BCUT2D eigenvalue weighted by atomic mass is 16.7. The SMILES string of the molecule is CC(C)(C)OC(=O)N(CCCCCOCc1ccccc1)OCc1ccccc1. The van der Waals surface area contributed by atoms with E-state index in [9.17, 15) is 4.79 Å². The maximum absolute atomic E-state index is 12.5. The molecule has 2 rings (SSSR count). The minimum Gasteiger partial charge on any atom is -0.442 e. The molecule has 0 saturated heterocycles. The molecular formula is C24H33NO4. The molecule has 1 amide bonds. The molecule has 0 heterocycles. The number of benzene rings is 2. The molecule has 29 heavy (non-hydrogen) atoms. The second-order valence-electron chi connectivity index (χ2n) is 7.94.